The lowest BCUT2D eigenvalue weighted by atomic mass is 10.0. The molecule has 0 aliphatic carbocycles. The lowest BCUT2D eigenvalue weighted by molar-refractivity contribution is 0.854. The van der Waals surface area contributed by atoms with Gasteiger partial charge in [0.1, 0.15) is 0 Å². The number of fused-ring (bicyclic) bond motifs is 3. The van der Waals surface area contributed by atoms with Gasteiger partial charge < -0.3 is 4.57 Å². The summed E-state index contributed by atoms with van der Waals surface area (Å²) in [7, 11) is 0. The van der Waals surface area contributed by atoms with E-state index in [-0.39, 0.29) is 0 Å². The van der Waals surface area contributed by atoms with Crippen LogP contribution in [-0.4, -0.2) is 4.57 Å². The Balaban J connectivity index is 2.18. The van der Waals surface area contributed by atoms with E-state index in [2.05, 4.69) is 101 Å². The van der Waals surface area contributed by atoms with E-state index in [0.717, 1.165) is 4.47 Å². The third kappa shape index (κ3) is 2.29. The third-order valence-corrected chi connectivity index (χ3v) is 4.93. The number of benzene rings is 3. The molecule has 1 nitrogen and oxygen atoms in total. The van der Waals surface area contributed by atoms with Gasteiger partial charge in [0.2, 0.25) is 0 Å². The summed E-state index contributed by atoms with van der Waals surface area (Å²) in [5.41, 5.74) is 5.16. The van der Waals surface area contributed by atoms with Crippen LogP contribution in [0.3, 0.4) is 0 Å². The molecule has 114 valence electrons. The van der Waals surface area contributed by atoms with Crippen LogP contribution in [0.2, 0.25) is 0 Å². The van der Waals surface area contributed by atoms with Gasteiger partial charge in [0.05, 0.1) is 11.0 Å². The average molecular weight is 364 g/mol. The van der Waals surface area contributed by atoms with Gasteiger partial charge in [-0.25, -0.2) is 0 Å². The van der Waals surface area contributed by atoms with Crippen LogP contribution in [0.1, 0.15) is 25.3 Å². The molecule has 4 rings (SSSR count). The van der Waals surface area contributed by atoms with Crippen LogP contribution < -0.4 is 0 Å². The molecular weight excluding hydrogens is 346 g/mol. The van der Waals surface area contributed by atoms with E-state index in [1.54, 1.807) is 0 Å². The van der Waals surface area contributed by atoms with Crippen LogP contribution in [0.15, 0.2) is 71.2 Å². The molecule has 23 heavy (non-hydrogen) atoms. The first-order valence-corrected chi connectivity index (χ1v) is 8.74. The Kier molecular flexibility index (Phi) is 3.50. The van der Waals surface area contributed by atoms with Crippen molar-refractivity contribution in [3.8, 4) is 5.69 Å². The average Bonchev–Trinajstić information content (AvgIpc) is 2.88. The van der Waals surface area contributed by atoms with Gasteiger partial charge in [-0.2, -0.15) is 0 Å². The summed E-state index contributed by atoms with van der Waals surface area (Å²) in [5.74, 6) is 0.484. The molecule has 0 radical (unpaired) electrons. The Labute approximate surface area is 144 Å². The van der Waals surface area contributed by atoms with Gasteiger partial charge in [0.25, 0.3) is 0 Å². The highest BCUT2D eigenvalue weighted by Gasteiger charge is 2.15. The minimum atomic E-state index is 0.484. The predicted octanol–water partition coefficient (Wildman–Crippen LogP) is 6.67. The number of hydrogen-bond acceptors (Lipinski definition) is 0. The molecule has 0 N–H and O–H groups in total. The minimum Gasteiger partial charge on any atom is -0.309 e. The summed E-state index contributed by atoms with van der Waals surface area (Å²) < 4.78 is 3.51. The zero-order valence-electron chi connectivity index (χ0n) is 13.3. The van der Waals surface area contributed by atoms with Crippen LogP contribution in [0.4, 0.5) is 0 Å². The highest BCUT2D eigenvalue weighted by Crippen LogP contribution is 2.35. The van der Waals surface area contributed by atoms with Crippen molar-refractivity contribution in [3.63, 3.8) is 0 Å². The fourth-order valence-corrected chi connectivity index (χ4v) is 3.75. The topological polar surface area (TPSA) is 4.93 Å². The molecule has 0 atom stereocenters. The largest absolute Gasteiger partial charge is 0.309 e. The minimum absolute atomic E-state index is 0.484. The molecule has 2 heteroatoms. The second kappa shape index (κ2) is 5.54. The molecule has 3 aromatic carbocycles. The molecule has 0 saturated carbocycles. The molecule has 0 saturated heterocycles. The molecule has 0 aliphatic heterocycles. The van der Waals surface area contributed by atoms with Crippen LogP contribution in [0.25, 0.3) is 27.5 Å². The van der Waals surface area contributed by atoms with Crippen molar-refractivity contribution in [1.82, 2.24) is 4.57 Å². The van der Waals surface area contributed by atoms with Crippen molar-refractivity contribution in [2.75, 3.05) is 0 Å². The monoisotopic (exact) mass is 363 g/mol. The first kappa shape index (κ1) is 14.5. The van der Waals surface area contributed by atoms with Gasteiger partial charge in [-0.1, -0.05) is 66.2 Å². The molecule has 0 aliphatic rings. The summed E-state index contributed by atoms with van der Waals surface area (Å²) in [6.45, 7) is 4.51. The van der Waals surface area contributed by atoms with Crippen molar-refractivity contribution >= 4 is 37.7 Å². The standard InChI is InChI=1S/C21H18BrN/c1-14(2)16-7-3-5-9-19(16)23-20-10-6-4-8-17(20)18-13-15(22)11-12-21(18)23/h3-14H,1-2H3. The number of rotatable bonds is 2. The molecule has 0 spiro atoms. The molecule has 0 bridgehead atoms. The second-order valence-electron chi connectivity index (χ2n) is 6.23. The fraction of sp³-hybridized carbons (Fsp3) is 0.143. The van der Waals surface area contributed by atoms with E-state index >= 15 is 0 Å². The summed E-state index contributed by atoms with van der Waals surface area (Å²) >= 11 is 3.61. The third-order valence-electron chi connectivity index (χ3n) is 4.43. The van der Waals surface area contributed by atoms with Gasteiger partial charge in [0, 0.05) is 20.9 Å². The van der Waals surface area contributed by atoms with Crippen LogP contribution in [-0.2, 0) is 0 Å². The Bertz CT molecular complexity index is 1010. The van der Waals surface area contributed by atoms with E-state index in [1.807, 2.05) is 0 Å². The smallest absolute Gasteiger partial charge is 0.0541 e. The molecule has 0 amide bonds. The number of aromatic nitrogens is 1. The zero-order valence-corrected chi connectivity index (χ0v) is 14.8. The van der Waals surface area contributed by atoms with E-state index in [0.29, 0.717) is 5.92 Å². The summed E-state index contributed by atoms with van der Waals surface area (Å²) in [6.07, 6.45) is 0. The highest BCUT2D eigenvalue weighted by atomic mass is 79.9. The van der Waals surface area contributed by atoms with Gasteiger partial charge >= 0.3 is 0 Å². The van der Waals surface area contributed by atoms with Gasteiger partial charge in [-0.15, -0.1) is 0 Å². The number of para-hydroxylation sites is 2. The number of halogens is 1. The van der Waals surface area contributed by atoms with Crippen LogP contribution in [0, 0.1) is 0 Å². The lowest BCUT2D eigenvalue weighted by Crippen LogP contribution is -2.00. The predicted molar refractivity (Wildman–Crippen MR) is 103 cm³/mol. The summed E-state index contributed by atoms with van der Waals surface area (Å²) in [6, 6.07) is 23.9. The number of hydrogen-bond donors (Lipinski definition) is 0. The number of nitrogens with zero attached hydrogens (tertiary/aromatic N) is 1. The van der Waals surface area contributed by atoms with Crippen molar-refractivity contribution < 1.29 is 0 Å². The van der Waals surface area contributed by atoms with Gasteiger partial charge in [-0.3, -0.25) is 0 Å². The molecular formula is C21H18BrN. The first-order chi connectivity index (χ1) is 11.2. The van der Waals surface area contributed by atoms with E-state index < -0.39 is 0 Å². The van der Waals surface area contributed by atoms with Gasteiger partial charge in [-0.05, 0) is 41.8 Å². The Hall–Kier alpha value is -2.06. The Morgan fingerprint density at radius 2 is 1.48 bits per heavy atom. The molecule has 1 aromatic heterocycles. The van der Waals surface area contributed by atoms with E-state index in [1.165, 1.54) is 33.1 Å². The maximum Gasteiger partial charge on any atom is 0.0541 e. The second-order valence-corrected chi connectivity index (χ2v) is 7.14. The quantitative estimate of drug-likeness (QED) is 0.374. The van der Waals surface area contributed by atoms with Crippen LogP contribution in [0.5, 0.6) is 0 Å². The van der Waals surface area contributed by atoms with Crippen molar-refractivity contribution in [1.29, 1.82) is 0 Å². The molecule has 1 heterocycles. The zero-order chi connectivity index (χ0) is 16.0. The van der Waals surface area contributed by atoms with Crippen molar-refractivity contribution in [2.45, 2.75) is 19.8 Å². The van der Waals surface area contributed by atoms with Crippen LogP contribution >= 0.6 is 15.9 Å². The van der Waals surface area contributed by atoms with Gasteiger partial charge in [0.15, 0.2) is 0 Å². The maximum absolute atomic E-state index is 3.61. The SMILES string of the molecule is CC(C)c1ccccc1-n1c2ccccc2c2cc(Br)ccc21. The summed E-state index contributed by atoms with van der Waals surface area (Å²) in [5, 5.41) is 2.58. The molecule has 0 fully saturated rings. The van der Waals surface area contributed by atoms with Crippen molar-refractivity contribution in [3.05, 3.63) is 76.8 Å². The maximum atomic E-state index is 3.61. The fourth-order valence-electron chi connectivity index (χ4n) is 3.38. The summed E-state index contributed by atoms with van der Waals surface area (Å²) in [4.78, 5) is 0. The highest BCUT2D eigenvalue weighted by molar-refractivity contribution is 9.10. The normalized spacial score (nSPS) is 11.7. The van der Waals surface area contributed by atoms with Crippen molar-refractivity contribution in [2.24, 2.45) is 0 Å². The Morgan fingerprint density at radius 3 is 2.30 bits per heavy atom. The molecule has 0 unspecified atom stereocenters. The lowest BCUT2D eigenvalue weighted by Gasteiger charge is -2.15. The van der Waals surface area contributed by atoms with E-state index in [9.17, 15) is 0 Å². The Morgan fingerprint density at radius 1 is 0.783 bits per heavy atom. The first-order valence-electron chi connectivity index (χ1n) is 7.95. The molecule has 4 aromatic rings. The van der Waals surface area contributed by atoms with E-state index in [4.69, 9.17) is 0 Å².